The van der Waals surface area contributed by atoms with E-state index in [2.05, 4.69) is 41.5 Å². The number of rotatable bonds is 72. The Kier molecular flexibility index (Phi) is 63.7. The Morgan fingerprint density at radius 3 is 0.826 bits per heavy atom. The molecule has 0 bridgehead atoms. The summed E-state index contributed by atoms with van der Waals surface area (Å²) in [5, 5.41) is 10.6. The molecule has 92 heavy (non-hydrogen) atoms. The molecule has 0 spiro atoms. The summed E-state index contributed by atoms with van der Waals surface area (Å²) in [4.78, 5) is 72.4. The second kappa shape index (κ2) is 65.0. The number of carbonyl (C=O) groups is 4. The molecule has 0 aliphatic rings. The quantitative estimate of drug-likeness (QED) is 0.0222. The number of hydrogen-bond donors (Lipinski definition) is 3. The largest absolute Gasteiger partial charge is 0.472 e. The van der Waals surface area contributed by atoms with Gasteiger partial charge >= 0.3 is 39.5 Å². The Balaban J connectivity index is 5.13. The maximum absolute atomic E-state index is 13.1. The number of aliphatic hydroxyl groups is 1. The first-order chi connectivity index (χ1) is 44.4. The molecule has 0 aromatic heterocycles. The van der Waals surface area contributed by atoms with Crippen molar-refractivity contribution < 1.29 is 80.2 Å². The molecule has 6 atom stereocenters. The third-order valence-electron chi connectivity index (χ3n) is 17.3. The average molecular weight is 1350 g/mol. The van der Waals surface area contributed by atoms with Crippen molar-refractivity contribution >= 4 is 39.5 Å². The highest BCUT2D eigenvalue weighted by atomic mass is 31.2. The van der Waals surface area contributed by atoms with Gasteiger partial charge in [0.1, 0.15) is 19.3 Å². The van der Waals surface area contributed by atoms with E-state index in [0.717, 1.165) is 115 Å². The SMILES string of the molecule is CCCCCCCCCCC(=O)OC[C@H](COP(=O)(O)OC[C@H](O)COP(=O)(O)OC[C@@H](COC(=O)CCCCCCCCCCCCCC(C)C)OC(=O)CCCCCCCCCCCCCCCCCCCCC(C)CC)OC(=O)CCCCCCCCCC. The van der Waals surface area contributed by atoms with Crippen LogP contribution < -0.4 is 0 Å². The van der Waals surface area contributed by atoms with Gasteiger partial charge in [-0.25, -0.2) is 9.13 Å². The van der Waals surface area contributed by atoms with Crippen molar-refractivity contribution in [1.29, 1.82) is 0 Å². The van der Waals surface area contributed by atoms with Crippen LogP contribution in [-0.4, -0.2) is 96.7 Å². The van der Waals surface area contributed by atoms with E-state index in [4.69, 9.17) is 37.0 Å². The van der Waals surface area contributed by atoms with Crippen molar-refractivity contribution in [1.82, 2.24) is 0 Å². The lowest BCUT2D eigenvalue weighted by Crippen LogP contribution is -2.30. The van der Waals surface area contributed by atoms with Gasteiger partial charge in [0.15, 0.2) is 12.2 Å². The minimum absolute atomic E-state index is 0.105. The predicted octanol–water partition coefficient (Wildman–Crippen LogP) is 21.2. The Morgan fingerprint density at radius 1 is 0.315 bits per heavy atom. The molecule has 546 valence electrons. The maximum atomic E-state index is 13.1. The molecular weight excluding hydrogens is 1210 g/mol. The number of ether oxygens (including phenoxy) is 4. The maximum Gasteiger partial charge on any atom is 0.472 e. The number of phosphoric ester groups is 2. The summed E-state index contributed by atoms with van der Waals surface area (Å²) >= 11 is 0. The second-order valence-corrected chi connectivity index (χ2v) is 30.0. The fourth-order valence-corrected chi connectivity index (χ4v) is 12.7. The zero-order valence-corrected chi connectivity index (χ0v) is 61.6. The van der Waals surface area contributed by atoms with Crippen LogP contribution in [0.3, 0.4) is 0 Å². The van der Waals surface area contributed by atoms with E-state index >= 15 is 0 Å². The number of aliphatic hydroxyl groups excluding tert-OH is 1. The molecule has 0 radical (unpaired) electrons. The smallest absolute Gasteiger partial charge is 0.462 e. The first-order valence-electron chi connectivity index (χ1n) is 38.0. The molecule has 0 aliphatic heterocycles. The highest BCUT2D eigenvalue weighted by molar-refractivity contribution is 7.47. The first-order valence-corrected chi connectivity index (χ1v) is 41.0. The van der Waals surface area contributed by atoms with Crippen LogP contribution >= 0.6 is 15.6 Å². The topological polar surface area (TPSA) is 237 Å². The second-order valence-electron chi connectivity index (χ2n) is 27.1. The van der Waals surface area contributed by atoms with Crippen LogP contribution in [0.2, 0.25) is 0 Å². The molecular formula is C73H142O17P2. The summed E-state index contributed by atoms with van der Waals surface area (Å²) in [6, 6.07) is 0. The molecule has 3 unspecified atom stereocenters. The summed E-state index contributed by atoms with van der Waals surface area (Å²) in [5.41, 5.74) is 0. The lowest BCUT2D eigenvalue weighted by atomic mass is 9.99. The molecule has 0 heterocycles. The van der Waals surface area contributed by atoms with Crippen LogP contribution in [0.15, 0.2) is 0 Å². The van der Waals surface area contributed by atoms with Crippen molar-refractivity contribution in [2.24, 2.45) is 11.8 Å². The number of unbranched alkanes of at least 4 members (excludes halogenated alkanes) is 41. The first kappa shape index (κ1) is 90.1. The molecule has 19 heteroatoms. The molecule has 0 saturated carbocycles. The Labute approximate surface area is 562 Å². The van der Waals surface area contributed by atoms with Gasteiger partial charge in [0.2, 0.25) is 0 Å². The van der Waals surface area contributed by atoms with Crippen LogP contribution in [0.1, 0.15) is 375 Å². The fraction of sp³-hybridized carbons (Fsp3) is 0.945. The zero-order chi connectivity index (χ0) is 67.9. The average Bonchev–Trinajstić information content (AvgIpc) is 2.67. The van der Waals surface area contributed by atoms with Gasteiger partial charge in [0.05, 0.1) is 26.4 Å². The van der Waals surface area contributed by atoms with Gasteiger partial charge in [-0.2, -0.15) is 0 Å². The van der Waals surface area contributed by atoms with E-state index in [0.29, 0.717) is 25.7 Å². The molecule has 0 amide bonds. The van der Waals surface area contributed by atoms with Gasteiger partial charge in [0, 0.05) is 25.7 Å². The molecule has 0 aromatic carbocycles. The number of phosphoric acid groups is 2. The van der Waals surface area contributed by atoms with Gasteiger partial charge in [-0.15, -0.1) is 0 Å². The number of hydrogen-bond acceptors (Lipinski definition) is 15. The highest BCUT2D eigenvalue weighted by Crippen LogP contribution is 2.45. The molecule has 0 rings (SSSR count). The minimum Gasteiger partial charge on any atom is -0.462 e. The van der Waals surface area contributed by atoms with Gasteiger partial charge in [0.25, 0.3) is 0 Å². The van der Waals surface area contributed by atoms with Gasteiger partial charge in [-0.3, -0.25) is 37.3 Å². The number of carbonyl (C=O) groups excluding carboxylic acids is 4. The van der Waals surface area contributed by atoms with Crippen LogP contribution in [0, 0.1) is 11.8 Å². The Bertz CT molecular complexity index is 1790. The molecule has 0 aromatic rings. The Hall–Kier alpha value is -1.94. The van der Waals surface area contributed by atoms with E-state index in [1.54, 1.807) is 0 Å². The molecule has 0 saturated heterocycles. The molecule has 3 N–H and O–H groups in total. The monoisotopic (exact) mass is 1350 g/mol. The van der Waals surface area contributed by atoms with Gasteiger partial charge in [-0.05, 0) is 37.5 Å². The van der Waals surface area contributed by atoms with Crippen molar-refractivity contribution in [2.75, 3.05) is 39.6 Å². The normalized spacial score (nSPS) is 14.4. The Morgan fingerprint density at radius 2 is 0.554 bits per heavy atom. The summed E-state index contributed by atoms with van der Waals surface area (Å²) in [7, 11) is -9.89. The van der Waals surface area contributed by atoms with Crippen LogP contribution in [0.4, 0.5) is 0 Å². The van der Waals surface area contributed by atoms with Gasteiger partial charge in [-0.1, -0.05) is 324 Å². The van der Waals surface area contributed by atoms with E-state index in [9.17, 15) is 43.2 Å². The van der Waals surface area contributed by atoms with Crippen molar-refractivity contribution in [3.05, 3.63) is 0 Å². The van der Waals surface area contributed by atoms with Crippen LogP contribution in [0.25, 0.3) is 0 Å². The summed E-state index contributed by atoms with van der Waals surface area (Å²) in [6.45, 7) is 9.58. The third kappa shape index (κ3) is 65.4. The lowest BCUT2D eigenvalue weighted by Gasteiger charge is -2.21. The van der Waals surface area contributed by atoms with Crippen LogP contribution in [-0.2, 0) is 65.4 Å². The van der Waals surface area contributed by atoms with E-state index in [1.165, 1.54) is 180 Å². The molecule has 17 nitrogen and oxygen atoms in total. The summed E-state index contributed by atoms with van der Waals surface area (Å²) in [6.07, 6.45) is 51.5. The third-order valence-corrected chi connectivity index (χ3v) is 19.2. The molecule has 0 aliphatic carbocycles. The van der Waals surface area contributed by atoms with Crippen LogP contribution in [0.5, 0.6) is 0 Å². The lowest BCUT2D eigenvalue weighted by molar-refractivity contribution is -0.161. The highest BCUT2D eigenvalue weighted by Gasteiger charge is 2.30. The summed E-state index contributed by atoms with van der Waals surface area (Å²) in [5.74, 6) is -0.484. The number of esters is 4. The van der Waals surface area contributed by atoms with E-state index in [1.807, 2.05) is 0 Å². The van der Waals surface area contributed by atoms with Crippen molar-refractivity contribution in [3.63, 3.8) is 0 Å². The predicted molar refractivity (Wildman–Crippen MR) is 372 cm³/mol. The van der Waals surface area contributed by atoms with Gasteiger partial charge < -0.3 is 33.8 Å². The van der Waals surface area contributed by atoms with E-state index < -0.39 is 97.5 Å². The fourth-order valence-electron chi connectivity index (χ4n) is 11.1. The van der Waals surface area contributed by atoms with E-state index in [-0.39, 0.29) is 25.7 Å². The molecule has 0 fully saturated rings. The standard InChI is InChI=1S/C73H142O17P2/c1-7-10-12-14-16-37-43-49-55-70(75)83-61-68(89-72(77)57-51-45-38-17-15-13-11-8-2)63-87-91(79,80)85-59-67(74)60-86-92(81,82)88-64-69(62-84-71(76)56-50-44-39-33-30-26-27-31-35-41-47-53-65(4)5)90-73(78)58-52-46-40-34-29-25-23-21-19-18-20-22-24-28-32-36-42-48-54-66(6)9-3/h65-69,74H,7-64H2,1-6H3,(H,79,80)(H,81,82)/t66?,67-,68+,69+/m0/s1. The zero-order valence-electron chi connectivity index (χ0n) is 59.9. The minimum atomic E-state index is -4.95. The van der Waals surface area contributed by atoms with Crippen molar-refractivity contribution in [2.45, 2.75) is 394 Å². The van der Waals surface area contributed by atoms with Crippen molar-refractivity contribution in [3.8, 4) is 0 Å². The summed E-state index contributed by atoms with van der Waals surface area (Å²) < 4.78 is 68.2.